The zero-order valence-corrected chi connectivity index (χ0v) is 15.2. The first-order valence-electron chi connectivity index (χ1n) is 8.76. The Morgan fingerprint density at radius 3 is 2.73 bits per heavy atom. The Balaban J connectivity index is 1.61. The maximum absolute atomic E-state index is 13.5. The van der Waals surface area contributed by atoms with Crippen molar-refractivity contribution in [2.75, 3.05) is 13.1 Å². The predicted octanol–water partition coefficient (Wildman–Crippen LogP) is 2.63. The highest BCUT2D eigenvalue weighted by Crippen LogP contribution is 2.17. The number of halogens is 1. The number of H-pyrrole nitrogens is 1. The van der Waals surface area contributed by atoms with Crippen molar-refractivity contribution in [1.82, 2.24) is 20.4 Å². The summed E-state index contributed by atoms with van der Waals surface area (Å²) in [7, 11) is 0. The lowest BCUT2D eigenvalue weighted by atomic mass is 10.1. The number of amides is 2. The number of carbonyl (C=O) groups is 2. The third-order valence-electron chi connectivity index (χ3n) is 4.55. The summed E-state index contributed by atoms with van der Waals surface area (Å²) < 4.78 is 13.5. The lowest BCUT2D eigenvalue weighted by molar-refractivity contribution is 0.0777. The summed E-state index contributed by atoms with van der Waals surface area (Å²) in [5.41, 5.74) is 2.29. The van der Waals surface area contributed by atoms with Crippen LogP contribution in [0.25, 0.3) is 0 Å². The highest BCUT2D eigenvalue weighted by molar-refractivity contribution is 5.95. The molecule has 2 aromatic rings. The van der Waals surface area contributed by atoms with Gasteiger partial charge in [0.2, 0.25) is 0 Å². The molecule has 0 radical (unpaired) electrons. The van der Waals surface area contributed by atoms with Crippen molar-refractivity contribution in [3.8, 4) is 0 Å². The van der Waals surface area contributed by atoms with Gasteiger partial charge in [-0.1, -0.05) is 13.8 Å². The topological polar surface area (TPSA) is 78.1 Å². The lowest BCUT2D eigenvalue weighted by Gasteiger charge is -2.16. The van der Waals surface area contributed by atoms with E-state index in [4.69, 9.17) is 0 Å². The number of benzene rings is 1. The van der Waals surface area contributed by atoms with Gasteiger partial charge < -0.3 is 10.2 Å². The third-order valence-corrected chi connectivity index (χ3v) is 4.55. The Morgan fingerprint density at radius 1 is 1.31 bits per heavy atom. The SMILES string of the molecule is Cc1cc(F)cc(C(=O)NC2CCN(C(=O)c3cc(C(C)C)[nH]n3)C2)c1. The molecule has 26 heavy (non-hydrogen) atoms. The van der Waals surface area contributed by atoms with Gasteiger partial charge in [0, 0.05) is 30.4 Å². The molecule has 3 rings (SSSR count). The molecule has 2 N–H and O–H groups in total. The minimum Gasteiger partial charge on any atom is -0.347 e. The van der Waals surface area contributed by atoms with Gasteiger partial charge >= 0.3 is 0 Å². The number of likely N-dealkylation sites (tertiary alicyclic amines) is 1. The van der Waals surface area contributed by atoms with Crippen LogP contribution in [-0.2, 0) is 0 Å². The summed E-state index contributed by atoms with van der Waals surface area (Å²) in [6.07, 6.45) is 0.660. The van der Waals surface area contributed by atoms with Gasteiger partial charge in [-0.25, -0.2) is 4.39 Å². The molecule has 1 aromatic heterocycles. The second-order valence-electron chi connectivity index (χ2n) is 7.09. The molecule has 1 saturated heterocycles. The molecule has 0 bridgehead atoms. The molecular weight excluding hydrogens is 335 g/mol. The number of aryl methyl sites for hydroxylation is 1. The summed E-state index contributed by atoms with van der Waals surface area (Å²) in [5.74, 6) is -0.637. The summed E-state index contributed by atoms with van der Waals surface area (Å²) in [6, 6.07) is 5.86. The minimum absolute atomic E-state index is 0.147. The van der Waals surface area contributed by atoms with E-state index in [-0.39, 0.29) is 23.8 Å². The zero-order valence-electron chi connectivity index (χ0n) is 15.2. The molecule has 0 aliphatic carbocycles. The average molecular weight is 358 g/mol. The van der Waals surface area contributed by atoms with Gasteiger partial charge in [0.25, 0.3) is 11.8 Å². The molecule has 0 spiro atoms. The van der Waals surface area contributed by atoms with Crippen LogP contribution in [0.15, 0.2) is 24.3 Å². The number of hydrogen-bond donors (Lipinski definition) is 2. The number of aromatic nitrogens is 2. The van der Waals surface area contributed by atoms with Crippen LogP contribution in [-0.4, -0.2) is 46.0 Å². The number of carbonyl (C=O) groups excluding carboxylic acids is 2. The highest BCUT2D eigenvalue weighted by atomic mass is 19.1. The van der Waals surface area contributed by atoms with Gasteiger partial charge in [-0.3, -0.25) is 14.7 Å². The van der Waals surface area contributed by atoms with Crippen LogP contribution in [0.4, 0.5) is 4.39 Å². The molecule has 1 aromatic carbocycles. The Labute approximate surface area is 151 Å². The summed E-state index contributed by atoms with van der Waals surface area (Å²) in [6.45, 7) is 6.76. The van der Waals surface area contributed by atoms with Crippen LogP contribution in [0.5, 0.6) is 0 Å². The first kappa shape index (κ1) is 18.1. The fourth-order valence-corrected chi connectivity index (χ4v) is 3.10. The maximum atomic E-state index is 13.5. The van der Waals surface area contributed by atoms with Crippen LogP contribution in [0, 0.1) is 12.7 Å². The number of nitrogens with zero attached hydrogens (tertiary/aromatic N) is 2. The molecule has 1 aliphatic heterocycles. The Bertz CT molecular complexity index is 810. The Morgan fingerprint density at radius 2 is 2.08 bits per heavy atom. The molecule has 0 saturated carbocycles. The van der Waals surface area contributed by atoms with Crippen molar-refractivity contribution >= 4 is 11.8 Å². The van der Waals surface area contributed by atoms with Crippen molar-refractivity contribution < 1.29 is 14.0 Å². The Kier molecular flexibility index (Phi) is 5.06. The predicted molar refractivity (Wildman–Crippen MR) is 95.6 cm³/mol. The molecule has 1 aliphatic rings. The van der Waals surface area contributed by atoms with E-state index >= 15 is 0 Å². The normalized spacial score (nSPS) is 17.0. The van der Waals surface area contributed by atoms with Gasteiger partial charge in [-0.15, -0.1) is 0 Å². The van der Waals surface area contributed by atoms with E-state index in [9.17, 15) is 14.0 Å². The number of rotatable bonds is 4. The van der Waals surface area contributed by atoms with E-state index in [1.165, 1.54) is 12.1 Å². The van der Waals surface area contributed by atoms with Gasteiger partial charge in [-0.2, -0.15) is 5.10 Å². The summed E-state index contributed by atoms with van der Waals surface area (Å²) in [4.78, 5) is 26.6. The molecule has 1 atom stereocenters. The molecule has 7 heteroatoms. The number of hydrogen-bond acceptors (Lipinski definition) is 3. The first-order valence-corrected chi connectivity index (χ1v) is 8.76. The molecular formula is C19H23FN4O2. The quantitative estimate of drug-likeness (QED) is 0.882. The summed E-state index contributed by atoms with van der Waals surface area (Å²) >= 11 is 0. The van der Waals surface area contributed by atoms with Gasteiger partial charge in [0.05, 0.1) is 0 Å². The largest absolute Gasteiger partial charge is 0.347 e. The average Bonchev–Trinajstić information content (AvgIpc) is 3.22. The van der Waals surface area contributed by atoms with Crippen molar-refractivity contribution in [2.24, 2.45) is 0 Å². The zero-order chi connectivity index (χ0) is 18.8. The van der Waals surface area contributed by atoms with E-state index in [0.29, 0.717) is 36.3 Å². The lowest BCUT2D eigenvalue weighted by Crippen LogP contribution is -2.38. The van der Waals surface area contributed by atoms with E-state index in [2.05, 4.69) is 15.5 Å². The minimum atomic E-state index is -0.433. The van der Waals surface area contributed by atoms with Crippen molar-refractivity contribution in [3.05, 3.63) is 52.6 Å². The second kappa shape index (κ2) is 7.27. The second-order valence-corrected chi connectivity index (χ2v) is 7.09. The van der Waals surface area contributed by atoms with Crippen LogP contribution in [0.2, 0.25) is 0 Å². The van der Waals surface area contributed by atoms with Crippen molar-refractivity contribution in [1.29, 1.82) is 0 Å². The van der Waals surface area contributed by atoms with Gasteiger partial charge in [-0.05, 0) is 49.1 Å². The van der Waals surface area contributed by atoms with Crippen molar-refractivity contribution in [3.63, 3.8) is 0 Å². The van der Waals surface area contributed by atoms with E-state index in [1.54, 1.807) is 24.0 Å². The fourth-order valence-electron chi connectivity index (χ4n) is 3.10. The molecule has 1 unspecified atom stereocenters. The molecule has 2 amide bonds. The third kappa shape index (κ3) is 3.92. The fraction of sp³-hybridized carbons (Fsp3) is 0.421. The number of nitrogens with one attached hydrogen (secondary N) is 2. The standard InChI is InChI=1S/C19H23FN4O2/c1-11(2)16-9-17(23-22-16)19(26)24-5-4-15(10-24)21-18(25)13-6-12(3)7-14(20)8-13/h6-9,11,15H,4-5,10H2,1-3H3,(H,21,25)(H,22,23). The molecule has 6 nitrogen and oxygen atoms in total. The monoisotopic (exact) mass is 358 g/mol. The smallest absolute Gasteiger partial charge is 0.274 e. The van der Waals surface area contributed by atoms with E-state index < -0.39 is 5.82 Å². The summed E-state index contributed by atoms with van der Waals surface area (Å²) in [5, 5.41) is 9.85. The van der Waals surface area contributed by atoms with E-state index in [1.807, 2.05) is 13.8 Å². The maximum Gasteiger partial charge on any atom is 0.274 e. The molecule has 1 fully saturated rings. The number of aromatic amines is 1. The van der Waals surface area contributed by atoms with E-state index in [0.717, 1.165) is 5.69 Å². The van der Waals surface area contributed by atoms with Crippen molar-refractivity contribution in [2.45, 2.75) is 39.2 Å². The Hall–Kier alpha value is -2.70. The first-order chi connectivity index (χ1) is 12.3. The van der Waals surface area contributed by atoms with Crippen LogP contribution < -0.4 is 5.32 Å². The van der Waals surface area contributed by atoms with Gasteiger partial charge in [0.15, 0.2) is 0 Å². The van der Waals surface area contributed by atoms with Gasteiger partial charge in [0.1, 0.15) is 11.5 Å². The molecule has 138 valence electrons. The highest BCUT2D eigenvalue weighted by Gasteiger charge is 2.29. The van der Waals surface area contributed by atoms with Crippen LogP contribution >= 0.6 is 0 Å². The molecule has 2 heterocycles. The van der Waals surface area contributed by atoms with Crippen LogP contribution in [0.1, 0.15) is 58.3 Å². The van der Waals surface area contributed by atoms with Crippen LogP contribution in [0.3, 0.4) is 0 Å².